The first-order valence-corrected chi connectivity index (χ1v) is 6.96. The first-order valence-electron chi connectivity index (χ1n) is 6.08. The van der Waals surface area contributed by atoms with Gasteiger partial charge in [0.1, 0.15) is 5.75 Å². The highest BCUT2D eigenvalue weighted by Crippen LogP contribution is 2.29. The van der Waals surface area contributed by atoms with Gasteiger partial charge in [0.2, 0.25) is 0 Å². The second kappa shape index (κ2) is 6.31. The molecule has 0 radical (unpaired) electrons. The van der Waals surface area contributed by atoms with Crippen LogP contribution in [-0.4, -0.2) is 13.2 Å². The van der Waals surface area contributed by atoms with E-state index in [1.807, 2.05) is 25.1 Å². The van der Waals surface area contributed by atoms with Crippen molar-refractivity contribution < 1.29 is 4.74 Å². The van der Waals surface area contributed by atoms with E-state index >= 15 is 0 Å². The maximum Gasteiger partial charge on any atom is 0.144 e. The molecule has 2 aromatic rings. The van der Waals surface area contributed by atoms with Gasteiger partial charge in [-0.15, -0.1) is 11.3 Å². The van der Waals surface area contributed by atoms with Crippen molar-refractivity contribution in [3.05, 3.63) is 40.6 Å². The second-order valence-electron chi connectivity index (χ2n) is 3.91. The predicted molar refractivity (Wildman–Crippen MR) is 78.5 cm³/mol. The molecule has 0 atom stereocenters. The van der Waals surface area contributed by atoms with Crippen LogP contribution in [0, 0.1) is 0 Å². The lowest BCUT2D eigenvalue weighted by Crippen LogP contribution is -2.07. The third-order valence-electron chi connectivity index (χ3n) is 2.63. The number of anilines is 2. The monoisotopic (exact) mass is 262 g/mol. The van der Waals surface area contributed by atoms with Crippen LogP contribution in [0.3, 0.4) is 0 Å². The van der Waals surface area contributed by atoms with E-state index in [0.717, 1.165) is 24.4 Å². The smallest absolute Gasteiger partial charge is 0.144 e. The van der Waals surface area contributed by atoms with Crippen LogP contribution in [0.2, 0.25) is 0 Å². The number of nitrogens with one attached hydrogen (secondary N) is 1. The van der Waals surface area contributed by atoms with Crippen LogP contribution in [0.4, 0.5) is 11.4 Å². The summed E-state index contributed by atoms with van der Waals surface area (Å²) in [6, 6.07) is 10.0. The SMILES string of the molecule is CCOc1cccc(NCCc2cccs2)c1N. The van der Waals surface area contributed by atoms with Crippen LogP contribution in [-0.2, 0) is 6.42 Å². The van der Waals surface area contributed by atoms with E-state index in [2.05, 4.69) is 22.8 Å². The molecule has 0 spiro atoms. The number of nitrogen functional groups attached to an aromatic ring is 1. The zero-order valence-electron chi connectivity index (χ0n) is 10.5. The highest BCUT2D eigenvalue weighted by atomic mass is 32.1. The van der Waals surface area contributed by atoms with Gasteiger partial charge in [0.15, 0.2) is 0 Å². The molecule has 3 N–H and O–H groups in total. The van der Waals surface area contributed by atoms with Gasteiger partial charge in [-0.05, 0) is 36.9 Å². The Morgan fingerprint density at radius 2 is 2.17 bits per heavy atom. The van der Waals surface area contributed by atoms with Crippen LogP contribution >= 0.6 is 11.3 Å². The van der Waals surface area contributed by atoms with Crippen molar-refractivity contribution in [2.24, 2.45) is 0 Å². The molecule has 1 aromatic carbocycles. The van der Waals surface area contributed by atoms with Crippen molar-refractivity contribution in [2.45, 2.75) is 13.3 Å². The summed E-state index contributed by atoms with van der Waals surface area (Å²) in [6.45, 7) is 3.46. The van der Waals surface area contributed by atoms with E-state index in [9.17, 15) is 0 Å². The van der Waals surface area contributed by atoms with Crippen LogP contribution in [0.1, 0.15) is 11.8 Å². The standard InChI is InChI=1S/C14H18N2OS/c1-2-17-13-7-3-6-12(14(13)15)16-9-8-11-5-4-10-18-11/h3-7,10,16H,2,8-9,15H2,1H3. The average molecular weight is 262 g/mol. The molecule has 96 valence electrons. The molecule has 0 aliphatic rings. The molecule has 0 fully saturated rings. The predicted octanol–water partition coefficient (Wildman–Crippen LogP) is 3.38. The molecular weight excluding hydrogens is 244 g/mol. The molecule has 0 saturated heterocycles. The lowest BCUT2D eigenvalue weighted by Gasteiger charge is -2.12. The molecule has 0 amide bonds. The number of ether oxygens (including phenoxy) is 1. The lowest BCUT2D eigenvalue weighted by atomic mass is 10.2. The van der Waals surface area contributed by atoms with Gasteiger partial charge in [-0.3, -0.25) is 0 Å². The van der Waals surface area contributed by atoms with Crippen molar-refractivity contribution in [3.63, 3.8) is 0 Å². The van der Waals surface area contributed by atoms with E-state index < -0.39 is 0 Å². The van der Waals surface area contributed by atoms with Crippen LogP contribution in [0.5, 0.6) is 5.75 Å². The number of rotatable bonds is 6. The maximum atomic E-state index is 6.04. The van der Waals surface area contributed by atoms with Crippen LogP contribution < -0.4 is 15.8 Å². The van der Waals surface area contributed by atoms with Gasteiger partial charge in [0.25, 0.3) is 0 Å². The Labute approximate surface area is 112 Å². The van der Waals surface area contributed by atoms with E-state index in [-0.39, 0.29) is 0 Å². The normalized spacial score (nSPS) is 10.3. The first-order chi connectivity index (χ1) is 8.81. The Hall–Kier alpha value is -1.68. The summed E-state index contributed by atoms with van der Waals surface area (Å²) in [5.41, 5.74) is 7.67. The van der Waals surface area contributed by atoms with Gasteiger partial charge < -0.3 is 15.8 Å². The molecule has 1 heterocycles. The third kappa shape index (κ3) is 3.17. The molecular formula is C14H18N2OS. The number of hydrogen-bond donors (Lipinski definition) is 2. The fourth-order valence-corrected chi connectivity index (χ4v) is 2.46. The Morgan fingerprint density at radius 1 is 1.28 bits per heavy atom. The number of benzene rings is 1. The third-order valence-corrected chi connectivity index (χ3v) is 3.57. The Kier molecular flexibility index (Phi) is 4.47. The van der Waals surface area contributed by atoms with Crippen molar-refractivity contribution in [2.75, 3.05) is 24.2 Å². The Balaban J connectivity index is 1.94. The lowest BCUT2D eigenvalue weighted by molar-refractivity contribution is 0.342. The molecule has 3 nitrogen and oxygen atoms in total. The van der Waals surface area contributed by atoms with Gasteiger partial charge in [-0.25, -0.2) is 0 Å². The van der Waals surface area contributed by atoms with E-state index in [0.29, 0.717) is 12.3 Å². The van der Waals surface area contributed by atoms with E-state index in [1.165, 1.54) is 4.88 Å². The van der Waals surface area contributed by atoms with Gasteiger partial charge in [0.05, 0.1) is 18.0 Å². The molecule has 0 unspecified atom stereocenters. The summed E-state index contributed by atoms with van der Waals surface area (Å²) in [7, 11) is 0. The maximum absolute atomic E-state index is 6.04. The van der Waals surface area contributed by atoms with Crippen molar-refractivity contribution >= 4 is 22.7 Å². The summed E-state index contributed by atoms with van der Waals surface area (Å²) < 4.78 is 5.47. The summed E-state index contributed by atoms with van der Waals surface area (Å²) in [5, 5.41) is 5.45. The summed E-state index contributed by atoms with van der Waals surface area (Å²) in [5.74, 6) is 0.749. The molecule has 2 rings (SSSR count). The second-order valence-corrected chi connectivity index (χ2v) is 4.94. The highest BCUT2D eigenvalue weighted by molar-refractivity contribution is 7.09. The highest BCUT2D eigenvalue weighted by Gasteiger charge is 2.04. The summed E-state index contributed by atoms with van der Waals surface area (Å²) in [6.07, 6.45) is 1.01. The minimum Gasteiger partial charge on any atom is -0.492 e. The molecule has 1 aromatic heterocycles. The van der Waals surface area contributed by atoms with E-state index in [1.54, 1.807) is 11.3 Å². The quantitative estimate of drug-likeness (QED) is 0.784. The van der Waals surface area contributed by atoms with Gasteiger partial charge in [0, 0.05) is 11.4 Å². The number of nitrogens with two attached hydrogens (primary N) is 1. The minimum atomic E-state index is 0.628. The summed E-state index contributed by atoms with van der Waals surface area (Å²) >= 11 is 1.78. The largest absolute Gasteiger partial charge is 0.492 e. The topological polar surface area (TPSA) is 47.3 Å². The Morgan fingerprint density at radius 3 is 2.89 bits per heavy atom. The van der Waals surface area contributed by atoms with Crippen LogP contribution in [0.15, 0.2) is 35.7 Å². The fraction of sp³-hybridized carbons (Fsp3) is 0.286. The molecule has 18 heavy (non-hydrogen) atoms. The van der Waals surface area contributed by atoms with Crippen LogP contribution in [0.25, 0.3) is 0 Å². The zero-order chi connectivity index (χ0) is 12.8. The van der Waals surface area contributed by atoms with Gasteiger partial charge >= 0.3 is 0 Å². The van der Waals surface area contributed by atoms with Gasteiger partial charge in [-0.2, -0.15) is 0 Å². The molecule has 0 aliphatic carbocycles. The van der Waals surface area contributed by atoms with E-state index in [4.69, 9.17) is 10.5 Å². The Bertz CT molecular complexity index is 483. The van der Waals surface area contributed by atoms with Crippen molar-refractivity contribution in [1.29, 1.82) is 0 Å². The number of hydrogen-bond acceptors (Lipinski definition) is 4. The number of para-hydroxylation sites is 1. The average Bonchev–Trinajstić information content (AvgIpc) is 2.87. The number of thiophene rings is 1. The minimum absolute atomic E-state index is 0.628. The van der Waals surface area contributed by atoms with Gasteiger partial charge in [-0.1, -0.05) is 12.1 Å². The van der Waals surface area contributed by atoms with Crippen molar-refractivity contribution in [3.8, 4) is 5.75 Å². The fourth-order valence-electron chi connectivity index (χ4n) is 1.75. The zero-order valence-corrected chi connectivity index (χ0v) is 11.3. The molecule has 0 saturated carbocycles. The molecule has 0 aliphatic heterocycles. The molecule has 4 heteroatoms. The van der Waals surface area contributed by atoms with Crippen molar-refractivity contribution in [1.82, 2.24) is 0 Å². The summed E-state index contributed by atoms with van der Waals surface area (Å²) in [4.78, 5) is 1.38. The molecule has 0 bridgehead atoms. The first kappa shape index (κ1) is 12.8.